The second-order valence-corrected chi connectivity index (χ2v) is 13.6. The SMILES string of the molecule is C/C=C/C(O)C(C)(C)C1C\C=C/C=C\C=C\C(O)Cc2nc(co2)C(=O)OC(C(C)(C)C(O)/C=C/C)C\C=C/C=C\C=C\C=C/c2nc(co2)C(=O)O1. The maximum atomic E-state index is 13.2. The maximum Gasteiger partial charge on any atom is 0.360 e. The molecule has 1 aliphatic rings. The zero-order chi connectivity index (χ0) is 38.9. The minimum Gasteiger partial charge on any atom is -0.457 e. The van der Waals surface area contributed by atoms with Gasteiger partial charge < -0.3 is 33.6 Å². The van der Waals surface area contributed by atoms with E-state index >= 15 is 0 Å². The Morgan fingerprint density at radius 2 is 1.17 bits per heavy atom. The zero-order valence-corrected chi connectivity index (χ0v) is 31.2. The molecule has 2 aromatic rings. The van der Waals surface area contributed by atoms with Gasteiger partial charge in [0.25, 0.3) is 0 Å². The van der Waals surface area contributed by atoms with Crippen LogP contribution in [-0.4, -0.2) is 67.7 Å². The number of cyclic esters (lactones) is 2. The predicted molar refractivity (Wildman–Crippen MR) is 203 cm³/mol. The second-order valence-electron chi connectivity index (χ2n) is 13.6. The third-order valence-electron chi connectivity index (χ3n) is 8.74. The van der Waals surface area contributed by atoms with Crippen molar-refractivity contribution in [3.8, 4) is 0 Å². The number of carbonyl (C=O) groups is 2. The van der Waals surface area contributed by atoms with Gasteiger partial charge >= 0.3 is 11.9 Å². The molecule has 5 atom stereocenters. The molecule has 5 unspecified atom stereocenters. The Morgan fingerprint density at radius 1 is 0.698 bits per heavy atom. The largest absolute Gasteiger partial charge is 0.457 e. The topological polar surface area (TPSA) is 165 Å². The first-order chi connectivity index (χ1) is 25.3. The fraction of sp³-hybridized carbons (Fsp3) is 0.381. The summed E-state index contributed by atoms with van der Waals surface area (Å²) in [6.45, 7) is 10.9. The van der Waals surface area contributed by atoms with Crippen molar-refractivity contribution in [3.63, 3.8) is 0 Å². The van der Waals surface area contributed by atoms with E-state index in [9.17, 15) is 24.9 Å². The van der Waals surface area contributed by atoms with Crippen molar-refractivity contribution in [2.75, 3.05) is 0 Å². The van der Waals surface area contributed by atoms with Crippen LogP contribution in [0.2, 0.25) is 0 Å². The lowest BCUT2D eigenvalue weighted by Crippen LogP contribution is -2.42. The smallest absolute Gasteiger partial charge is 0.360 e. The molecule has 11 nitrogen and oxygen atoms in total. The standard InChI is InChI=1S/C42H52N2O9/c1-7-21-33(46)41(3,4)35-25-19-15-12-13-17-23-30(45)27-38-44-32(29-51-38)40(49)53-36(42(5,6)34(47)22-8-2)24-18-14-10-9-11-16-20-26-37-43-31(28-50-37)39(48)52-35/h7-23,26,28-30,33-36,45-47H,24-25,27H2,1-6H3/b10-9-,13-12-,16-11+,18-14-,19-15-,21-7+,22-8+,23-17+,26-20-. The summed E-state index contributed by atoms with van der Waals surface area (Å²) in [6, 6.07) is 0. The van der Waals surface area contributed by atoms with E-state index in [1.165, 1.54) is 12.5 Å². The van der Waals surface area contributed by atoms with Gasteiger partial charge in [-0.3, -0.25) is 0 Å². The number of allylic oxidation sites excluding steroid dienone is 12. The van der Waals surface area contributed by atoms with Crippen LogP contribution in [0, 0.1) is 10.8 Å². The molecule has 0 radical (unpaired) electrons. The highest BCUT2D eigenvalue weighted by Gasteiger charge is 2.39. The normalized spacial score (nSPS) is 25.8. The van der Waals surface area contributed by atoms with E-state index in [1.54, 1.807) is 111 Å². The first kappa shape index (κ1) is 42.3. The van der Waals surface area contributed by atoms with Crippen LogP contribution in [0.4, 0.5) is 0 Å². The van der Waals surface area contributed by atoms with E-state index in [2.05, 4.69) is 9.97 Å². The van der Waals surface area contributed by atoms with Gasteiger partial charge in [-0.1, -0.05) is 131 Å². The van der Waals surface area contributed by atoms with Crippen molar-refractivity contribution >= 4 is 18.0 Å². The highest BCUT2D eigenvalue weighted by Crippen LogP contribution is 2.33. The van der Waals surface area contributed by atoms with Gasteiger partial charge in [0.1, 0.15) is 24.7 Å². The number of ether oxygens (including phenoxy) is 2. The molecule has 0 fully saturated rings. The summed E-state index contributed by atoms with van der Waals surface area (Å²) in [4.78, 5) is 34.7. The highest BCUT2D eigenvalue weighted by molar-refractivity contribution is 5.87. The molecule has 4 bridgehead atoms. The Morgan fingerprint density at radius 3 is 1.72 bits per heavy atom. The quantitative estimate of drug-likeness (QED) is 0.201. The van der Waals surface area contributed by atoms with E-state index in [4.69, 9.17) is 18.3 Å². The van der Waals surface area contributed by atoms with Gasteiger partial charge in [-0.2, -0.15) is 0 Å². The minimum atomic E-state index is -0.951. The lowest BCUT2D eigenvalue weighted by molar-refractivity contribution is -0.0461. The van der Waals surface area contributed by atoms with E-state index < -0.39 is 53.3 Å². The Labute approximate surface area is 311 Å². The average Bonchev–Trinajstić information content (AvgIpc) is 3.79. The van der Waals surface area contributed by atoms with Crippen LogP contribution >= 0.6 is 0 Å². The second kappa shape index (κ2) is 20.8. The van der Waals surface area contributed by atoms with Crippen LogP contribution in [0.15, 0.2) is 125 Å². The van der Waals surface area contributed by atoms with Crippen molar-refractivity contribution in [2.45, 2.75) is 91.3 Å². The number of hydrogen-bond acceptors (Lipinski definition) is 11. The fourth-order valence-electron chi connectivity index (χ4n) is 5.11. The van der Waals surface area contributed by atoms with Crippen molar-refractivity contribution in [2.24, 2.45) is 10.8 Å². The molecule has 0 saturated heterocycles. The van der Waals surface area contributed by atoms with Crippen LogP contribution in [0.1, 0.15) is 87.1 Å². The molecule has 0 saturated carbocycles. The average molecular weight is 729 g/mol. The van der Waals surface area contributed by atoms with E-state index in [1.807, 2.05) is 39.8 Å². The zero-order valence-electron chi connectivity index (χ0n) is 31.2. The van der Waals surface area contributed by atoms with Crippen LogP contribution in [-0.2, 0) is 15.9 Å². The summed E-state index contributed by atoms with van der Waals surface area (Å²) in [5.41, 5.74) is -1.74. The molecule has 0 aromatic carbocycles. The fourth-order valence-corrected chi connectivity index (χ4v) is 5.11. The number of aliphatic hydroxyl groups excluding tert-OH is 3. The summed E-state index contributed by atoms with van der Waals surface area (Å²) in [5, 5.41) is 32.2. The van der Waals surface area contributed by atoms with Gasteiger partial charge in [0.15, 0.2) is 17.3 Å². The molecule has 1 aliphatic heterocycles. The molecule has 3 N–H and O–H groups in total. The number of oxazole rings is 2. The molecule has 2 aromatic heterocycles. The molecule has 0 spiro atoms. The van der Waals surface area contributed by atoms with Gasteiger partial charge in [0.05, 0.1) is 24.7 Å². The van der Waals surface area contributed by atoms with Crippen molar-refractivity contribution in [3.05, 3.63) is 139 Å². The summed E-state index contributed by atoms with van der Waals surface area (Å²) >= 11 is 0. The van der Waals surface area contributed by atoms with E-state index in [0.717, 1.165) is 0 Å². The summed E-state index contributed by atoms with van der Waals surface area (Å²) in [6.07, 6.45) is 30.0. The monoisotopic (exact) mass is 728 g/mol. The number of carbonyl (C=O) groups excluding carboxylic acids is 2. The summed E-state index contributed by atoms with van der Waals surface area (Å²) < 4.78 is 22.6. The van der Waals surface area contributed by atoms with E-state index in [0.29, 0.717) is 12.8 Å². The van der Waals surface area contributed by atoms with Crippen molar-refractivity contribution in [1.82, 2.24) is 9.97 Å². The van der Waals surface area contributed by atoms with Crippen molar-refractivity contribution in [1.29, 1.82) is 0 Å². The highest BCUT2D eigenvalue weighted by atomic mass is 16.6. The molecule has 53 heavy (non-hydrogen) atoms. The summed E-state index contributed by atoms with van der Waals surface area (Å²) in [5.74, 6) is -1.03. The van der Waals surface area contributed by atoms with E-state index in [-0.39, 0.29) is 29.6 Å². The Hall–Kier alpha value is -5.10. The lowest BCUT2D eigenvalue weighted by Gasteiger charge is -2.36. The number of aromatic nitrogens is 2. The number of rotatable bonds is 6. The van der Waals surface area contributed by atoms with Gasteiger partial charge in [-0.25, -0.2) is 19.6 Å². The number of fused-ring (bicyclic) bond motifs is 4. The minimum absolute atomic E-state index is 0.00131. The summed E-state index contributed by atoms with van der Waals surface area (Å²) in [7, 11) is 0. The van der Waals surface area contributed by atoms with Gasteiger partial charge in [0, 0.05) is 29.7 Å². The predicted octanol–water partition coefficient (Wildman–Crippen LogP) is 7.39. The van der Waals surface area contributed by atoms with Gasteiger partial charge in [-0.05, 0) is 13.8 Å². The van der Waals surface area contributed by atoms with Crippen molar-refractivity contribution < 1.29 is 43.2 Å². The molecule has 284 valence electrons. The number of esters is 2. The molecule has 3 rings (SSSR count). The third kappa shape index (κ3) is 13.1. The lowest BCUT2D eigenvalue weighted by atomic mass is 9.79. The first-order valence-corrected chi connectivity index (χ1v) is 17.6. The first-order valence-electron chi connectivity index (χ1n) is 17.6. The maximum absolute atomic E-state index is 13.2. The molecule has 0 aliphatic carbocycles. The number of nitrogens with zero attached hydrogens (tertiary/aromatic N) is 2. The van der Waals surface area contributed by atoms with Crippen LogP contribution in [0.25, 0.3) is 6.08 Å². The van der Waals surface area contributed by atoms with Gasteiger partial charge in [-0.15, -0.1) is 0 Å². The van der Waals surface area contributed by atoms with Crippen LogP contribution in [0.3, 0.4) is 0 Å². The van der Waals surface area contributed by atoms with Crippen LogP contribution < -0.4 is 0 Å². The molecule has 3 heterocycles. The third-order valence-corrected chi connectivity index (χ3v) is 8.74. The number of aliphatic hydroxyl groups is 3. The molecule has 0 amide bonds. The molecular formula is C42H52N2O9. The van der Waals surface area contributed by atoms with Gasteiger partial charge in [0.2, 0.25) is 5.89 Å². The Balaban J connectivity index is 1.88. The molecular weight excluding hydrogens is 676 g/mol. The van der Waals surface area contributed by atoms with Crippen LogP contribution in [0.5, 0.6) is 0 Å². The molecule has 11 heteroatoms. The Kier molecular flexibility index (Phi) is 16.6. The number of hydrogen-bond donors (Lipinski definition) is 3. The Bertz CT molecular complexity index is 1750.